The molecule has 1 aromatic heterocycles. The Morgan fingerprint density at radius 1 is 1.27 bits per heavy atom. The van der Waals surface area contributed by atoms with Gasteiger partial charge >= 0.3 is 5.97 Å². The van der Waals surface area contributed by atoms with Crippen LogP contribution in [0.1, 0.15) is 46.5 Å². The second-order valence-corrected chi connectivity index (χ2v) is 8.50. The van der Waals surface area contributed by atoms with Crippen LogP contribution in [-0.4, -0.2) is 33.8 Å². The van der Waals surface area contributed by atoms with Crippen LogP contribution >= 0.6 is 34.9 Å². The highest BCUT2D eigenvalue weighted by Gasteiger charge is 2.15. The zero-order chi connectivity index (χ0) is 16.4. The normalized spacial score (nSPS) is 12.1. The van der Waals surface area contributed by atoms with Crippen LogP contribution in [0.5, 0.6) is 0 Å². The van der Waals surface area contributed by atoms with E-state index in [0.29, 0.717) is 11.3 Å². The van der Waals surface area contributed by atoms with Gasteiger partial charge in [-0.25, -0.2) is 4.79 Å². The summed E-state index contributed by atoms with van der Waals surface area (Å²) >= 11 is 4.98. The number of esters is 1. The average molecular weight is 361 g/mol. The van der Waals surface area contributed by atoms with Gasteiger partial charge in [-0.05, 0) is 19.8 Å². The van der Waals surface area contributed by atoms with Crippen LogP contribution in [0.4, 0.5) is 0 Å². The molecule has 1 heterocycles. The molecular formula is C15H24N2O2S3. The van der Waals surface area contributed by atoms with Gasteiger partial charge in [0.25, 0.3) is 0 Å². The number of nitrogens with zero attached hydrogens (tertiary/aromatic N) is 2. The minimum Gasteiger partial charge on any atom is -0.458 e. The summed E-state index contributed by atoms with van der Waals surface area (Å²) in [5.41, 5.74) is 0.435. The van der Waals surface area contributed by atoms with Crippen molar-refractivity contribution in [3.05, 3.63) is 12.2 Å². The monoisotopic (exact) mass is 360 g/mol. The lowest BCUT2D eigenvalue weighted by Gasteiger charge is -2.14. The third-order valence-electron chi connectivity index (χ3n) is 2.83. The maximum absolute atomic E-state index is 11.5. The molecule has 0 saturated heterocycles. The molecule has 0 amide bonds. The third kappa shape index (κ3) is 7.65. The summed E-state index contributed by atoms with van der Waals surface area (Å²) in [4.78, 5) is 11.5. The topological polar surface area (TPSA) is 52.1 Å². The molecule has 1 aromatic rings. The molecule has 1 rings (SSSR count). The quantitative estimate of drug-likeness (QED) is 0.244. The van der Waals surface area contributed by atoms with E-state index in [0.717, 1.165) is 20.9 Å². The van der Waals surface area contributed by atoms with Gasteiger partial charge in [-0.15, -0.1) is 10.2 Å². The lowest BCUT2D eigenvalue weighted by atomic mass is 10.3. The van der Waals surface area contributed by atoms with E-state index in [1.54, 1.807) is 41.8 Å². The van der Waals surface area contributed by atoms with Crippen molar-refractivity contribution >= 4 is 40.8 Å². The predicted octanol–water partition coefficient (Wildman–Crippen LogP) is 4.81. The van der Waals surface area contributed by atoms with Crippen LogP contribution < -0.4 is 0 Å². The molecule has 0 bridgehead atoms. The zero-order valence-electron chi connectivity index (χ0n) is 13.5. The van der Waals surface area contributed by atoms with Crippen molar-refractivity contribution in [2.45, 2.75) is 61.2 Å². The molecule has 0 spiro atoms. The van der Waals surface area contributed by atoms with Gasteiger partial charge in [-0.3, -0.25) is 0 Å². The summed E-state index contributed by atoms with van der Waals surface area (Å²) in [7, 11) is 0. The van der Waals surface area contributed by atoms with E-state index in [4.69, 9.17) is 4.74 Å². The molecule has 22 heavy (non-hydrogen) atoms. The van der Waals surface area contributed by atoms with Gasteiger partial charge in [0.2, 0.25) is 0 Å². The lowest BCUT2D eigenvalue weighted by Crippen LogP contribution is -2.20. The molecule has 124 valence electrons. The molecule has 0 fully saturated rings. The van der Waals surface area contributed by atoms with Crippen molar-refractivity contribution in [1.82, 2.24) is 10.2 Å². The molecule has 0 radical (unpaired) electrons. The number of rotatable bonds is 11. The van der Waals surface area contributed by atoms with Gasteiger partial charge in [0.15, 0.2) is 8.68 Å². The Morgan fingerprint density at radius 3 is 2.55 bits per heavy atom. The van der Waals surface area contributed by atoms with Crippen LogP contribution in [0.2, 0.25) is 0 Å². The summed E-state index contributed by atoms with van der Waals surface area (Å²) in [6, 6.07) is 0. The minimum atomic E-state index is -0.322. The number of hydrogen-bond donors (Lipinski definition) is 0. The highest BCUT2D eigenvalue weighted by Crippen LogP contribution is 2.30. The maximum Gasteiger partial charge on any atom is 0.333 e. The Bertz CT molecular complexity index is 477. The summed E-state index contributed by atoms with van der Waals surface area (Å²) in [5.74, 6) is 1.47. The van der Waals surface area contributed by atoms with E-state index in [9.17, 15) is 4.79 Å². The van der Waals surface area contributed by atoms with Crippen LogP contribution in [0.15, 0.2) is 20.8 Å². The average Bonchev–Trinajstić information content (AvgIpc) is 2.95. The molecule has 0 aromatic carbocycles. The second-order valence-electron chi connectivity index (χ2n) is 4.92. The van der Waals surface area contributed by atoms with E-state index >= 15 is 0 Å². The van der Waals surface area contributed by atoms with Crippen molar-refractivity contribution in [3.8, 4) is 0 Å². The number of thioether (sulfide) groups is 2. The Kier molecular flexibility index (Phi) is 9.82. The largest absolute Gasteiger partial charge is 0.458 e. The van der Waals surface area contributed by atoms with E-state index in [1.807, 2.05) is 6.92 Å². The first kappa shape index (κ1) is 19.5. The Hall–Kier alpha value is -0.530. The highest BCUT2D eigenvalue weighted by molar-refractivity contribution is 8.03. The number of unbranched alkanes of at least 4 members (excludes halogenated alkanes) is 2. The smallest absolute Gasteiger partial charge is 0.333 e. The fourth-order valence-corrected chi connectivity index (χ4v) is 4.70. The molecule has 1 atom stereocenters. The Balaban J connectivity index is 2.35. The van der Waals surface area contributed by atoms with Crippen molar-refractivity contribution in [1.29, 1.82) is 0 Å². The van der Waals surface area contributed by atoms with E-state index in [1.165, 1.54) is 19.3 Å². The number of hydrogen-bond acceptors (Lipinski definition) is 7. The predicted molar refractivity (Wildman–Crippen MR) is 95.9 cm³/mol. The molecule has 0 aliphatic carbocycles. The fourth-order valence-electron chi connectivity index (χ4n) is 1.48. The van der Waals surface area contributed by atoms with Gasteiger partial charge < -0.3 is 4.74 Å². The first-order chi connectivity index (χ1) is 10.6. The summed E-state index contributed by atoms with van der Waals surface area (Å²) in [6.45, 7) is 9.47. The summed E-state index contributed by atoms with van der Waals surface area (Å²) in [5, 5.41) is 8.38. The van der Waals surface area contributed by atoms with Crippen LogP contribution in [0, 0.1) is 0 Å². The van der Waals surface area contributed by atoms with E-state index in [2.05, 4.69) is 23.7 Å². The Morgan fingerprint density at radius 2 is 1.95 bits per heavy atom. The van der Waals surface area contributed by atoms with Gasteiger partial charge in [0.1, 0.15) is 6.10 Å². The molecule has 4 nitrogen and oxygen atoms in total. The van der Waals surface area contributed by atoms with Gasteiger partial charge in [-0.1, -0.05) is 68.1 Å². The maximum atomic E-state index is 11.5. The first-order valence-electron chi connectivity index (χ1n) is 7.52. The molecule has 0 aliphatic heterocycles. The minimum absolute atomic E-state index is 0.112. The van der Waals surface area contributed by atoms with Crippen LogP contribution in [-0.2, 0) is 9.53 Å². The first-order valence-corrected chi connectivity index (χ1v) is 10.3. The molecular weight excluding hydrogens is 336 g/mol. The second kappa shape index (κ2) is 11.1. The van der Waals surface area contributed by atoms with E-state index in [-0.39, 0.29) is 12.1 Å². The Labute approximate surface area is 145 Å². The number of carbonyl (C=O) groups excluding carboxylic acids is 1. The molecule has 0 N–H and O–H groups in total. The lowest BCUT2D eigenvalue weighted by molar-refractivity contribution is -0.143. The van der Waals surface area contributed by atoms with Gasteiger partial charge in [-0.2, -0.15) is 0 Å². The van der Waals surface area contributed by atoms with E-state index < -0.39 is 0 Å². The number of aromatic nitrogens is 2. The number of carbonyl (C=O) groups is 1. The van der Waals surface area contributed by atoms with Crippen LogP contribution in [0.25, 0.3) is 0 Å². The van der Waals surface area contributed by atoms with Crippen molar-refractivity contribution in [3.63, 3.8) is 0 Å². The van der Waals surface area contributed by atoms with Gasteiger partial charge in [0, 0.05) is 17.1 Å². The molecule has 1 unspecified atom stereocenters. The standard InChI is InChI=1S/C15H24N2O2S3/c1-5-7-8-9-20-14-16-17-15(22-14)21-10-12(6-2)19-13(18)11(3)4/h12H,3,5-10H2,1-2,4H3. The van der Waals surface area contributed by atoms with Crippen molar-refractivity contribution in [2.24, 2.45) is 0 Å². The molecule has 0 saturated carbocycles. The van der Waals surface area contributed by atoms with Crippen LogP contribution in [0.3, 0.4) is 0 Å². The summed E-state index contributed by atoms with van der Waals surface area (Å²) in [6.07, 6.45) is 4.39. The fraction of sp³-hybridized carbons (Fsp3) is 0.667. The third-order valence-corrected chi connectivity index (χ3v) is 6.24. The number of ether oxygens (including phenoxy) is 1. The van der Waals surface area contributed by atoms with Gasteiger partial charge in [0.05, 0.1) is 0 Å². The molecule has 0 aliphatic rings. The molecule has 7 heteroatoms. The van der Waals surface area contributed by atoms with Crippen molar-refractivity contribution < 1.29 is 9.53 Å². The zero-order valence-corrected chi connectivity index (χ0v) is 15.9. The van der Waals surface area contributed by atoms with Crippen molar-refractivity contribution in [2.75, 3.05) is 11.5 Å². The highest BCUT2D eigenvalue weighted by atomic mass is 32.2. The SMILES string of the molecule is C=C(C)C(=O)OC(CC)CSc1nnc(SCCCCC)s1. The summed E-state index contributed by atoms with van der Waals surface area (Å²) < 4.78 is 7.33.